The molecule has 2 amide bonds. The summed E-state index contributed by atoms with van der Waals surface area (Å²) in [4.78, 5) is 28.1. The molecule has 1 atom stereocenters. The van der Waals surface area contributed by atoms with Gasteiger partial charge in [-0.2, -0.15) is 0 Å². The second-order valence-corrected chi connectivity index (χ2v) is 8.12. The molecule has 3 aromatic rings. The maximum atomic E-state index is 13.4. The molecule has 0 unspecified atom stereocenters. The van der Waals surface area contributed by atoms with E-state index >= 15 is 0 Å². The first-order valence-electron chi connectivity index (χ1n) is 11.0. The van der Waals surface area contributed by atoms with E-state index in [2.05, 4.69) is 5.32 Å². The predicted molar refractivity (Wildman–Crippen MR) is 126 cm³/mol. The molecule has 3 aromatic carbocycles. The summed E-state index contributed by atoms with van der Waals surface area (Å²) in [6, 6.07) is 23.8. The smallest absolute Gasteiger partial charge is 0.261 e. The highest BCUT2D eigenvalue weighted by Crippen LogP contribution is 2.17. The van der Waals surface area contributed by atoms with Gasteiger partial charge in [-0.1, -0.05) is 60.7 Å². The molecule has 0 saturated heterocycles. The van der Waals surface area contributed by atoms with Gasteiger partial charge in [0.15, 0.2) is 6.61 Å². The van der Waals surface area contributed by atoms with Crippen LogP contribution in [0.5, 0.6) is 5.75 Å². The summed E-state index contributed by atoms with van der Waals surface area (Å²) in [6.07, 6.45) is 0.370. The maximum absolute atomic E-state index is 13.4. The van der Waals surface area contributed by atoms with Gasteiger partial charge in [-0.05, 0) is 49.2 Å². The van der Waals surface area contributed by atoms with Crippen LogP contribution >= 0.6 is 0 Å². The molecule has 0 aliphatic heterocycles. The summed E-state index contributed by atoms with van der Waals surface area (Å²) in [5.41, 5.74) is 1.86. The number of hydrogen-bond donors (Lipinski definition) is 1. The SMILES string of the molecule is CC(C)NC(=O)[C@@H](Cc1ccccc1)N(Cc1ccccc1)C(=O)COc1ccc(F)cc1. The molecule has 0 saturated carbocycles. The number of nitrogens with one attached hydrogen (secondary N) is 1. The minimum Gasteiger partial charge on any atom is -0.484 e. The minimum atomic E-state index is -0.723. The van der Waals surface area contributed by atoms with Crippen molar-refractivity contribution in [2.45, 2.75) is 38.9 Å². The lowest BCUT2D eigenvalue weighted by atomic mass is 10.0. The number of halogens is 1. The summed E-state index contributed by atoms with van der Waals surface area (Å²) >= 11 is 0. The van der Waals surface area contributed by atoms with E-state index in [-0.39, 0.29) is 36.8 Å². The zero-order valence-corrected chi connectivity index (χ0v) is 18.9. The number of rotatable bonds is 10. The van der Waals surface area contributed by atoms with Crippen molar-refractivity contribution in [3.8, 4) is 5.75 Å². The Balaban J connectivity index is 1.87. The average Bonchev–Trinajstić information content (AvgIpc) is 2.81. The van der Waals surface area contributed by atoms with Crippen LogP contribution in [0.25, 0.3) is 0 Å². The monoisotopic (exact) mass is 448 g/mol. The molecule has 172 valence electrons. The third-order valence-electron chi connectivity index (χ3n) is 5.07. The Morgan fingerprint density at radius 2 is 1.45 bits per heavy atom. The van der Waals surface area contributed by atoms with E-state index in [1.807, 2.05) is 74.5 Å². The third kappa shape index (κ3) is 7.45. The molecule has 0 radical (unpaired) electrons. The molecule has 5 nitrogen and oxygen atoms in total. The molecule has 0 heterocycles. The van der Waals surface area contributed by atoms with Crippen LogP contribution < -0.4 is 10.1 Å². The zero-order valence-electron chi connectivity index (χ0n) is 18.9. The van der Waals surface area contributed by atoms with Gasteiger partial charge in [-0.15, -0.1) is 0 Å². The van der Waals surface area contributed by atoms with Crippen molar-refractivity contribution in [1.29, 1.82) is 0 Å². The third-order valence-corrected chi connectivity index (χ3v) is 5.07. The van der Waals surface area contributed by atoms with Crippen LogP contribution in [0, 0.1) is 5.82 Å². The molecule has 0 aromatic heterocycles. The Hall–Kier alpha value is -3.67. The van der Waals surface area contributed by atoms with E-state index in [1.165, 1.54) is 24.3 Å². The number of carbonyl (C=O) groups is 2. The van der Waals surface area contributed by atoms with Crippen LogP contribution in [0.4, 0.5) is 4.39 Å². The number of benzene rings is 3. The number of ether oxygens (including phenoxy) is 1. The van der Waals surface area contributed by atoms with Crippen LogP contribution in [-0.4, -0.2) is 35.4 Å². The van der Waals surface area contributed by atoms with E-state index in [9.17, 15) is 14.0 Å². The lowest BCUT2D eigenvalue weighted by molar-refractivity contribution is -0.143. The van der Waals surface area contributed by atoms with Crippen molar-refractivity contribution in [3.63, 3.8) is 0 Å². The maximum Gasteiger partial charge on any atom is 0.261 e. The highest BCUT2D eigenvalue weighted by molar-refractivity contribution is 5.88. The van der Waals surface area contributed by atoms with Gasteiger partial charge in [0.25, 0.3) is 5.91 Å². The number of hydrogen-bond acceptors (Lipinski definition) is 3. The van der Waals surface area contributed by atoms with Crippen molar-refractivity contribution in [1.82, 2.24) is 10.2 Å². The molecule has 0 bridgehead atoms. The van der Waals surface area contributed by atoms with Crippen molar-refractivity contribution in [2.75, 3.05) is 6.61 Å². The summed E-state index contributed by atoms with van der Waals surface area (Å²) in [6.45, 7) is 3.77. The summed E-state index contributed by atoms with van der Waals surface area (Å²) in [7, 11) is 0. The number of nitrogens with zero attached hydrogens (tertiary/aromatic N) is 1. The van der Waals surface area contributed by atoms with Gasteiger partial charge in [0.05, 0.1) is 0 Å². The highest BCUT2D eigenvalue weighted by Gasteiger charge is 2.31. The van der Waals surface area contributed by atoms with Crippen LogP contribution in [0.15, 0.2) is 84.9 Å². The predicted octanol–water partition coefficient (Wildman–Crippen LogP) is 4.37. The van der Waals surface area contributed by atoms with Crippen LogP contribution in [0.3, 0.4) is 0 Å². The standard InChI is InChI=1S/C27H29FN2O3/c1-20(2)29-27(32)25(17-21-9-5-3-6-10-21)30(18-22-11-7-4-8-12-22)26(31)19-33-24-15-13-23(28)14-16-24/h3-16,20,25H,17-19H2,1-2H3,(H,29,32)/t25-/m1/s1. The van der Waals surface area contributed by atoms with E-state index in [0.29, 0.717) is 12.2 Å². The Kier molecular flexibility index (Phi) is 8.58. The van der Waals surface area contributed by atoms with Gasteiger partial charge >= 0.3 is 0 Å². The fourth-order valence-electron chi connectivity index (χ4n) is 3.47. The average molecular weight is 449 g/mol. The summed E-state index contributed by atoms with van der Waals surface area (Å²) in [5, 5.41) is 2.95. The molecule has 33 heavy (non-hydrogen) atoms. The first-order chi connectivity index (χ1) is 15.9. The molecule has 0 aliphatic carbocycles. The Bertz CT molecular complexity index is 1020. The lowest BCUT2D eigenvalue weighted by Gasteiger charge is -2.32. The van der Waals surface area contributed by atoms with Crippen LogP contribution in [0.1, 0.15) is 25.0 Å². The minimum absolute atomic E-state index is 0.0695. The quantitative estimate of drug-likeness (QED) is 0.501. The fourth-order valence-corrected chi connectivity index (χ4v) is 3.47. The Labute approximate surface area is 194 Å². The van der Waals surface area contributed by atoms with E-state index in [0.717, 1.165) is 11.1 Å². The van der Waals surface area contributed by atoms with Gasteiger partial charge < -0.3 is 15.0 Å². The second-order valence-electron chi connectivity index (χ2n) is 8.12. The summed E-state index contributed by atoms with van der Waals surface area (Å²) in [5.74, 6) is -0.550. The molecule has 6 heteroatoms. The molecular weight excluding hydrogens is 419 g/mol. The van der Waals surface area contributed by atoms with Crippen molar-refractivity contribution in [2.24, 2.45) is 0 Å². The fraction of sp³-hybridized carbons (Fsp3) is 0.259. The molecule has 0 fully saturated rings. The number of carbonyl (C=O) groups excluding carboxylic acids is 2. The Morgan fingerprint density at radius 1 is 0.879 bits per heavy atom. The van der Waals surface area contributed by atoms with Gasteiger partial charge in [0, 0.05) is 19.0 Å². The number of amides is 2. The van der Waals surface area contributed by atoms with E-state index < -0.39 is 6.04 Å². The van der Waals surface area contributed by atoms with Crippen molar-refractivity contribution >= 4 is 11.8 Å². The largest absolute Gasteiger partial charge is 0.484 e. The van der Waals surface area contributed by atoms with Crippen molar-refractivity contribution < 1.29 is 18.7 Å². The Morgan fingerprint density at radius 3 is 2.03 bits per heavy atom. The van der Waals surface area contributed by atoms with Crippen LogP contribution in [0.2, 0.25) is 0 Å². The molecule has 0 spiro atoms. The van der Waals surface area contributed by atoms with E-state index in [1.54, 1.807) is 4.90 Å². The summed E-state index contributed by atoms with van der Waals surface area (Å²) < 4.78 is 18.8. The van der Waals surface area contributed by atoms with Gasteiger partial charge in [0.2, 0.25) is 5.91 Å². The van der Waals surface area contributed by atoms with Gasteiger partial charge in [0.1, 0.15) is 17.6 Å². The van der Waals surface area contributed by atoms with Gasteiger partial charge in [-0.3, -0.25) is 9.59 Å². The molecular formula is C27H29FN2O3. The second kappa shape index (κ2) is 11.8. The lowest BCUT2D eigenvalue weighted by Crippen LogP contribution is -2.52. The topological polar surface area (TPSA) is 58.6 Å². The molecule has 0 aliphatic rings. The first kappa shape index (κ1) is 24.0. The zero-order chi connectivity index (χ0) is 23.6. The van der Waals surface area contributed by atoms with Gasteiger partial charge in [-0.25, -0.2) is 4.39 Å². The first-order valence-corrected chi connectivity index (χ1v) is 11.0. The highest BCUT2D eigenvalue weighted by atomic mass is 19.1. The van der Waals surface area contributed by atoms with Crippen LogP contribution in [-0.2, 0) is 22.6 Å². The normalized spacial score (nSPS) is 11.6. The molecule has 3 rings (SSSR count). The van der Waals surface area contributed by atoms with E-state index in [4.69, 9.17) is 4.74 Å². The van der Waals surface area contributed by atoms with Crippen molar-refractivity contribution in [3.05, 3.63) is 102 Å². The molecule has 1 N–H and O–H groups in total.